The van der Waals surface area contributed by atoms with E-state index in [1.165, 1.54) is 11.3 Å². The second kappa shape index (κ2) is 4.17. The Labute approximate surface area is 95.9 Å². The maximum absolute atomic E-state index is 10.5. The zero-order chi connectivity index (χ0) is 11.7. The third-order valence-corrected chi connectivity index (χ3v) is 3.33. The number of hydrogen-bond acceptors (Lipinski definition) is 5. The lowest BCUT2D eigenvalue weighted by Gasteiger charge is -1.95. The molecule has 0 bridgehead atoms. The van der Waals surface area contributed by atoms with Gasteiger partial charge in [-0.1, -0.05) is 25.2 Å². The van der Waals surface area contributed by atoms with Crippen LogP contribution in [-0.4, -0.2) is 30.9 Å². The minimum Gasteiger partial charge on any atom is -0.481 e. The van der Waals surface area contributed by atoms with Crippen LogP contribution >= 0.6 is 11.3 Å². The molecule has 0 aliphatic carbocycles. The van der Waals surface area contributed by atoms with Gasteiger partial charge < -0.3 is 5.11 Å². The number of carboxylic acids is 1. The van der Waals surface area contributed by atoms with Crippen molar-refractivity contribution in [2.75, 3.05) is 0 Å². The van der Waals surface area contributed by atoms with E-state index < -0.39 is 5.97 Å². The predicted molar refractivity (Wildman–Crippen MR) is 58.7 cm³/mol. The fourth-order valence-corrected chi connectivity index (χ4v) is 2.14. The molecule has 0 radical (unpaired) electrons. The van der Waals surface area contributed by atoms with E-state index in [0.29, 0.717) is 18.2 Å². The minimum atomic E-state index is -0.837. The average Bonchev–Trinajstić information content (AvgIpc) is 2.73. The van der Waals surface area contributed by atoms with Gasteiger partial charge in [-0.3, -0.25) is 4.79 Å². The minimum absolute atomic E-state index is 0.0509. The maximum atomic E-state index is 10.5. The number of rotatable bonds is 4. The summed E-state index contributed by atoms with van der Waals surface area (Å²) >= 11 is 1.49. The molecule has 2 aromatic heterocycles. The van der Waals surface area contributed by atoms with Crippen molar-refractivity contribution in [2.24, 2.45) is 0 Å². The summed E-state index contributed by atoms with van der Waals surface area (Å²) in [6.07, 6.45) is 0.410. The molecule has 0 spiro atoms. The summed E-state index contributed by atoms with van der Waals surface area (Å²) in [5.74, 6) is 0.121. The van der Waals surface area contributed by atoms with Gasteiger partial charge in [0.1, 0.15) is 5.01 Å². The quantitative estimate of drug-likeness (QED) is 0.871. The van der Waals surface area contributed by atoms with Crippen molar-refractivity contribution in [3.8, 4) is 0 Å². The van der Waals surface area contributed by atoms with Crippen LogP contribution in [0.4, 0.5) is 0 Å². The van der Waals surface area contributed by atoms with Gasteiger partial charge >= 0.3 is 5.97 Å². The fourth-order valence-electron chi connectivity index (χ4n) is 1.28. The number of carbonyl (C=O) groups is 1. The molecule has 2 aromatic rings. The zero-order valence-corrected chi connectivity index (χ0v) is 9.86. The first-order chi connectivity index (χ1) is 7.58. The Morgan fingerprint density at radius 1 is 1.50 bits per heavy atom. The number of carboxylic acid groups (broad SMARTS) is 1. The van der Waals surface area contributed by atoms with Crippen LogP contribution in [0.25, 0.3) is 4.96 Å². The largest absolute Gasteiger partial charge is 0.481 e. The van der Waals surface area contributed by atoms with Crippen LogP contribution in [0.5, 0.6) is 0 Å². The third kappa shape index (κ3) is 2.04. The third-order valence-electron chi connectivity index (χ3n) is 2.13. The van der Waals surface area contributed by atoms with E-state index in [4.69, 9.17) is 5.11 Å². The molecule has 2 rings (SSSR count). The Balaban J connectivity index is 2.28. The highest BCUT2D eigenvalue weighted by atomic mass is 32.1. The maximum Gasteiger partial charge on any atom is 0.303 e. The van der Waals surface area contributed by atoms with Gasteiger partial charge in [-0.25, -0.2) is 0 Å². The van der Waals surface area contributed by atoms with Crippen LogP contribution in [0.1, 0.15) is 37.0 Å². The number of hydrogen-bond donors (Lipinski definition) is 1. The van der Waals surface area contributed by atoms with Crippen molar-refractivity contribution in [1.29, 1.82) is 0 Å². The summed E-state index contributed by atoms with van der Waals surface area (Å²) in [7, 11) is 0. The zero-order valence-electron chi connectivity index (χ0n) is 9.04. The molecule has 0 amide bonds. The Morgan fingerprint density at radius 2 is 2.25 bits per heavy atom. The molecule has 0 aliphatic heterocycles. The Morgan fingerprint density at radius 3 is 2.88 bits per heavy atom. The topological polar surface area (TPSA) is 80.4 Å². The van der Waals surface area contributed by atoms with Gasteiger partial charge in [0, 0.05) is 12.3 Å². The number of aromatic nitrogens is 4. The van der Waals surface area contributed by atoms with Gasteiger partial charge in [0.25, 0.3) is 0 Å². The lowest BCUT2D eigenvalue weighted by Crippen LogP contribution is -2.02. The Kier molecular flexibility index (Phi) is 2.86. The van der Waals surface area contributed by atoms with E-state index in [9.17, 15) is 4.79 Å². The van der Waals surface area contributed by atoms with E-state index in [0.717, 1.165) is 9.97 Å². The molecule has 0 aromatic carbocycles. The van der Waals surface area contributed by atoms with Crippen molar-refractivity contribution in [3.63, 3.8) is 0 Å². The predicted octanol–water partition coefficient (Wildman–Crippen LogP) is 1.33. The molecular weight excluding hydrogens is 228 g/mol. The normalized spacial score (nSPS) is 11.4. The van der Waals surface area contributed by atoms with Crippen molar-refractivity contribution < 1.29 is 9.90 Å². The standard InChI is InChI=1S/C9H12N4O2S/c1-5(2)8-12-13-6(3-4-7(14)15)10-11-9(13)16-8/h5H,3-4H2,1-2H3,(H,14,15). The van der Waals surface area contributed by atoms with Gasteiger partial charge in [0.05, 0.1) is 6.42 Å². The smallest absolute Gasteiger partial charge is 0.303 e. The highest BCUT2D eigenvalue weighted by Crippen LogP contribution is 2.21. The molecule has 0 unspecified atom stereocenters. The highest BCUT2D eigenvalue weighted by molar-refractivity contribution is 7.16. The van der Waals surface area contributed by atoms with E-state index in [-0.39, 0.29) is 6.42 Å². The molecule has 0 atom stereocenters. The number of aliphatic carboxylic acids is 1. The molecule has 86 valence electrons. The summed E-state index contributed by atoms with van der Waals surface area (Å²) in [5, 5.41) is 21.9. The molecule has 16 heavy (non-hydrogen) atoms. The lowest BCUT2D eigenvalue weighted by molar-refractivity contribution is -0.137. The lowest BCUT2D eigenvalue weighted by atomic mass is 10.2. The molecule has 6 nitrogen and oxygen atoms in total. The summed E-state index contributed by atoms with van der Waals surface area (Å²) in [6.45, 7) is 4.12. The van der Waals surface area contributed by atoms with Crippen molar-refractivity contribution >= 4 is 22.3 Å². The summed E-state index contributed by atoms with van der Waals surface area (Å²) in [4.78, 5) is 11.2. The first-order valence-corrected chi connectivity index (χ1v) is 5.82. The Bertz CT molecular complexity index is 517. The monoisotopic (exact) mass is 240 g/mol. The van der Waals surface area contributed by atoms with Crippen LogP contribution in [0.15, 0.2) is 0 Å². The van der Waals surface area contributed by atoms with Crippen molar-refractivity contribution in [2.45, 2.75) is 32.6 Å². The molecule has 7 heteroatoms. The van der Waals surface area contributed by atoms with Crippen LogP contribution in [0.3, 0.4) is 0 Å². The van der Waals surface area contributed by atoms with Gasteiger partial charge in [-0.15, -0.1) is 10.2 Å². The van der Waals surface area contributed by atoms with Crippen LogP contribution < -0.4 is 0 Å². The first kappa shape index (κ1) is 11.0. The first-order valence-electron chi connectivity index (χ1n) is 5.00. The van der Waals surface area contributed by atoms with Gasteiger partial charge in [0.15, 0.2) is 5.82 Å². The number of aryl methyl sites for hydroxylation is 1. The van der Waals surface area contributed by atoms with Crippen molar-refractivity contribution in [3.05, 3.63) is 10.8 Å². The average molecular weight is 240 g/mol. The molecule has 0 aliphatic rings. The van der Waals surface area contributed by atoms with Crippen LogP contribution in [0.2, 0.25) is 0 Å². The van der Waals surface area contributed by atoms with E-state index in [2.05, 4.69) is 29.1 Å². The summed E-state index contributed by atoms with van der Waals surface area (Å²) in [5.41, 5.74) is 0. The van der Waals surface area contributed by atoms with E-state index in [1.54, 1.807) is 4.52 Å². The van der Waals surface area contributed by atoms with Crippen LogP contribution in [-0.2, 0) is 11.2 Å². The molecule has 2 heterocycles. The summed E-state index contributed by atoms with van der Waals surface area (Å²) in [6, 6.07) is 0. The van der Waals surface area contributed by atoms with Gasteiger partial charge in [-0.2, -0.15) is 9.61 Å². The van der Waals surface area contributed by atoms with Crippen LogP contribution in [0, 0.1) is 0 Å². The number of fused-ring (bicyclic) bond motifs is 1. The van der Waals surface area contributed by atoms with Crippen molar-refractivity contribution in [1.82, 2.24) is 19.8 Å². The second-order valence-corrected chi connectivity index (χ2v) is 4.79. The molecule has 1 N–H and O–H groups in total. The Hall–Kier alpha value is -1.50. The summed E-state index contributed by atoms with van der Waals surface area (Å²) < 4.78 is 1.64. The van der Waals surface area contributed by atoms with Gasteiger partial charge in [0.2, 0.25) is 4.96 Å². The molecular formula is C9H12N4O2S. The van der Waals surface area contributed by atoms with Gasteiger partial charge in [-0.05, 0) is 0 Å². The molecule has 0 saturated carbocycles. The molecule has 0 fully saturated rings. The number of nitrogens with zero attached hydrogens (tertiary/aromatic N) is 4. The van der Waals surface area contributed by atoms with E-state index >= 15 is 0 Å². The fraction of sp³-hybridized carbons (Fsp3) is 0.556. The second-order valence-electron chi connectivity index (χ2n) is 3.80. The SMILES string of the molecule is CC(C)c1nn2c(CCC(=O)O)nnc2s1. The highest BCUT2D eigenvalue weighted by Gasteiger charge is 2.14. The molecule has 0 saturated heterocycles. The van der Waals surface area contributed by atoms with E-state index in [1.807, 2.05) is 0 Å².